The van der Waals surface area contributed by atoms with Gasteiger partial charge in [-0.2, -0.15) is 0 Å². The van der Waals surface area contributed by atoms with Crippen molar-refractivity contribution in [3.63, 3.8) is 0 Å². The Hall–Kier alpha value is -1.56. The number of hydrogen-bond donors (Lipinski definition) is 3. The summed E-state index contributed by atoms with van der Waals surface area (Å²) in [6.45, 7) is 4.32. The van der Waals surface area contributed by atoms with Crippen LogP contribution in [0.4, 0.5) is 9.80 Å². The molecule has 1 aromatic heterocycles. The molecule has 0 aromatic carbocycles. The van der Waals surface area contributed by atoms with E-state index in [1.54, 1.807) is 5.38 Å². The second kappa shape index (κ2) is 5.61. The fourth-order valence-corrected chi connectivity index (χ4v) is 3.22. The summed E-state index contributed by atoms with van der Waals surface area (Å²) < 4.78 is 0. The van der Waals surface area contributed by atoms with Crippen LogP contribution in [0.2, 0.25) is 0 Å². The first-order valence-electron chi connectivity index (χ1n) is 6.37. The van der Waals surface area contributed by atoms with Gasteiger partial charge in [0.25, 0.3) is 0 Å². The number of nitrogens with one attached hydrogen (secondary N) is 2. The zero-order valence-electron chi connectivity index (χ0n) is 11.0. The van der Waals surface area contributed by atoms with Crippen molar-refractivity contribution < 1.29 is 14.7 Å². The summed E-state index contributed by atoms with van der Waals surface area (Å²) in [6.07, 6.45) is 2.09. The lowest BCUT2D eigenvalue weighted by Gasteiger charge is -2.19. The Morgan fingerprint density at radius 2 is 2.11 bits per heavy atom. The van der Waals surface area contributed by atoms with E-state index in [2.05, 4.69) is 24.5 Å². The number of carboxylic acid groups (broad SMARTS) is 1. The van der Waals surface area contributed by atoms with Crippen LogP contribution in [0.1, 0.15) is 37.0 Å². The van der Waals surface area contributed by atoms with Crippen molar-refractivity contribution in [3.05, 3.63) is 17.0 Å². The number of hydrogen-bond acceptors (Lipinski definition) is 3. The molecule has 0 radical (unpaired) electrons. The van der Waals surface area contributed by atoms with E-state index in [1.807, 2.05) is 0 Å². The fourth-order valence-electron chi connectivity index (χ4n) is 2.45. The van der Waals surface area contributed by atoms with Gasteiger partial charge in [0.1, 0.15) is 5.00 Å². The molecule has 0 bridgehead atoms. The third kappa shape index (κ3) is 3.07. The molecular weight excluding hydrogens is 264 g/mol. The molecule has 3 atom stereocenters. The van der Waals surface area contributed by atoms with Crippen molar-refractivity contribution in [2.45, 2.75) is 32.7 Å². The predicted molar refractivity (Wildman–Crippen MR) is 74.8 cm³/mol. The maximum atomic E-state index is 11.9. The molecule has 1 saturated carbocycles. The van der Waals surface area contributed by atoms with E-state index in [4.69, 9.17) is 5.11 Å². The van der Waals surface area contributed by atoms with Crippen LogP contribution in [0.3, 0.4) is 0 Å². The maximum Gasteiger partial charge on any atom is 0.338 e. The number of thiophene rings is 1. The number of rotatable bonds is 3. The largest absolute Gasteiger partial charge is 0.478 e. The molecule has 1 aromatic rings. The summed E-state index contributed by atoms with van der Waals surface area (Å²) in [4.78, 5) is 22.8. The van der Waals surface area contributed by atoms with Gasteiger partial charge in [-0.15, -0.1) is 11.3 Å². The topological polar surface area (TPSA) is 78.4 Å². The highest BCUT2D eigenvalue weighted by atomic mass is 32.1. The minimum atomic E-state index is -1.03. The van der Waals surface area contributed by atoms with Crippen molar-refractivity contribution in [1.29, 1.82) is 0 Å². The van der Waals surface area contributed by atoms with Gasteiger partial charge < -0.3 is 10.4 Å². The van der Waals surface area contributed by atoms with Gasteiger partial charge in [0.05, 0.1) is 5.56 Å². The molecule has 1 heterocycles. The molecule has 2 rings (SSSR count). The summed E-state index contributed by atoms with van der Waals surface area (Å²) in [5.74, 6) is 0.0362. The summed E-state index contributed by atoms with van der Waals surface area (Å²) in [5.41, 5.74) is 0.132. The van der Waals surface area contributed by atoms with Gasteiger partial charge in [-0.25, -0.2) is 9.59 Å². The van der Waals surface area contributed by atoms with Crippen LogP contribution in [-0.4, -0.2) is 23.1 Å². The third-order valence-electron chi connectivity index (χ3n) is 3.90. The molecule has 1 aliphatic rings. The van der Waals surface area contributed by atoms with Crippen LogP contribution in [0.5, 0.6) is 0 Å². The number of carboxylic acids is 1. The van der Waals surface area contributed by atoms with Gasteiger partial charge in [-0.05, 0) is 36.1 Å². The number of aromatic carboxylic acids is 1. The van der Waals surface area contributed by atoms with Crippen molar-refractivity contribution in [2.75, 3.05) is 5.32 Å². The number of urea groups is 1. The highest BCUT2D eigenvalue weighted by Gasteiger charge is 2.30. The average Bonchev–Trinajstić information content (AvgIpc) is 2.91. The Morgan fingerprint density at radius 1 is 1.37 bits per heavy atom. The van der Waals surface area contributed by atoms with Crippen LogP contribution in [0.15, 0.2) is 11.4 Å². The van der Waals surface area contributed by atoms with E-state index < -0.39 is 5.97 Å². The van der Waals surface area contributed by atoms with Gasteiger partial charge in [0.2, 0.25) is 0 Å². The smallest absolute Gasteiger partial charge is 0.338 e. The molecule has 104 valence electrons. The van der Waals surface area contributed by atoms with Gasteiger partial charge in [0, 0.05) is 6.04 Å². The molecule has 0 saturated heterocycles. The molecule has 1 fully saturated rings. The first-order valence-corrected chi connectivity index (χ1v) is 7.25. The summed E-state index contributed by atoms with van der Waals surface area (Å²) in [5, 5.41) is 16.5. The van der Waals surface area contributed by atoms with E-state index in [9.17, 15) is 9.59 Å². The standard InChI is InChI=1S/C13H18N2O3S/c1-7-3-4-10(8(7)2)14-13(18)15-11-9(12(16)17)5-6-19-11/h5-8,10H,3-4H2,1-2H3,(H,16,17)(H2,14,15,18). The van der Waals surface area contributed by atoms with Gasteiger partial charge in [-0.1, -0.05) is 13.8 Å². The van der Waals surface area contributed by atoms with Crippen LogP contribution >= 0.6 is 11.3 Å². The highest BCUT2D eigenvalue weighted by molar-refractivity contribution is 7.14. The number of carbonyl (C=O) groups is 2. The minimum Gasteiger partial charge on any atom is -0.478 e. The molecular formula is C13H18N2O3S. The lowest BCUT2D eigenvalue weighted by Crippen LogP contribution is -2.40. The molecule has 3 unspecified atom stereocenters. The number of carbonyl (C=O) groups excluding carboxylic acids is 1. The van der Waals surface area contributed by atoms with Gasteiger partial charge in [-0.3, -0.25) is 5.32 Å². The van der Waals surface area contributed by atoms with Gasteiger partial charge >= 0.3 is 12.0 Å². The zero-order chi connectivity index (χ0) is 14.0. The summed E-state index contributed by atoms with van der Waals surface area (Å²) in [7, 11) is 0. The van der Waals surface area contributed by atoms with Crippen LogP contribution in [0.25, 0.3) is 0 Å². The van der Waals surface area contributed by atoms with Crippen LogP contribution < -0.4 is 10.6 Å². The molecule has 5 nitrogen and oxygen atoms in total. The first-order chi connectivity index (χ1) is 8.99. The Kier molecular flexibility index (Phi) is 4.09. The van der Waals surface area contributed by atoms with Crippen molar-refractivity contribution in [1.82, 2.24) is 5.32 Å². The zero-order valence-corrected chi connectivity index (χ0v) is 11.8. The second-order valence-electron chi connectivity index (χ2n) is 5.09. The van der Waals surface area contributed by atoms with Crippen LogP contribution in [-0.2, 0) is 0 Å². The molecule has 0 aliphatic heterocycles. The SMILES string of the molecule is CC1CCC(NC(=O)Nc2sccc2C(=O)O)C1C. The van der Waals surface area contributed by atoms with Crippen molar-refractivity contribution >= 4 is 28.3 Å². The monoisotopic (exact) mass is 282 g/mol. The summed E-state index contributed by atoms with van der Waals surface area (Å²) >= 11 is 1.21. The maximum absolute atomic E-state index is 11.9. The highest BCUT2D eigenvalue weighted by Crippen LogP contribution is 2.31. The van der Waals surface area contributed by atoms with E-state index in [0.717, 1.165) is 12.8 Å². The molecule has 19 heavy (non-hydrogen) atoms. The molecule has 2 amide bonds. The Labute approximate surface area is 116 Å². The predicted octanol–water partition coefficient (Wildman–Crippen LogP) is 3.00. The normalized spacial score (nSPS) is 26.1. The molecule has 1 aliphatic carbocycles. The Bertz CT molecular complexity index is 486. The van der Waals surface area contributed by atoms with E-state index in [0.29, 0.717) is 16.8 Å². The molecule has 3 N–H and O–H groups in total. The Balaban J connectivity index is 1.94. The molecule has 6 heteroatoms. The van der Waals surface area contributed by atoms with E-state index >= 15 is 0 Å². The van der Waals surface area contributed by atoms with E-state index in [-0.39, 0.29) is 17.6 Å². The van der Waals surface area contributed by atoms with Crippen LogP contribution in [0, 0.1) is 11.8 Å². The minimum absolute atomic E-state index is 0.132. The summed E-state index contributed by atoms with van der Waals surface area (Å²) in [6, 6.07) is 1.34. The number of anilines is 1. The first kappa shape index (κ1) is 13.9. The van der Waals surface area contributed by atoms with Gasteiger partial charge in [0.15, 0.2) is 0 Å². The quantitative estimate of drug-likeness (QED) is 0.797. The third-order valence-corrected chi connectivity index (χ3v) is 4.73. The lowest BCUT2D eigenvalue weighted by atomic mass is 9.98. The lowest BCUT2D eigenvalue weighted by molar-refractivity contribution is 0.0698. The molecule has 0 spiro atoms. The fraction of sp³-hybridized carbons (Fsp3) is 0.538. The number of amides is 2. The van der Waals surface area contributed by atoms with E-state index in [1.165, 1.54) is 17.4 Å². The van der Waals surface area contributed by atoms with Crippen molar-refractivity contribution in [2.24, 2.45) is 11.8 Å². The van der Waals surface area contributed by atoms with Crippen molar-refractivity contribution in [3.8, 4) is 0 Å². The average molecular weight is 282 g/mol. The Morgan fingerprint density at radius 3 is 2.68 bits per heavy atom. The second-order valence-corrected chi connectivity index (χ2v) is 6.00.